The van der Waals surface area contributed by atoms with E-state index < -0.39 is 5.82 Å². The third-order valence-electron chi connectivity index (χ3n) is 3.40. The minimum Gasteiger partial charge on any atom is -0.486 e. The van der Waals surface area contributed by atoms with Gasteiger partial charge in [0, 0.05) is 13.6 Å². The molecule has 2 aromatic rings. The monoisotopic (exact) mass is 271 g/mol. The third-order valence-corrected chi connectivity index (χ3v) is 3.40. The summed E-state index contributed by atoms with van der Waals surface area (Å²) in [6.07, 6.45) is 0. The molecule has 3 rings (SSSR count). The van der Waals surface area contributed by atoms with Crippen LogP contribution in [0.3, 0.4) is 0 Å². The summed E-state index contributed by atoms with van der Waals surface area (Å²) < 4.78 is 19.8. The molecule has 4 heteroatoms. The Labute approximate surface area is 116 Å². The number of amides is 1. The van der Waals surface area contributed by atoms with Crippen molar-refractivity contribution in [3.63, 3.8) is 0 Å². The molecule has 2 aromatic carbocycles. The second-order valence-electron chi connectivity index (χ2n) is 4.85. The molecule has 0 saturated carbocycles. The largest absolute Gasteiger partial charge is 0.486 e. The summed E-state index contributed by atoms with van der Waals surface area (Å²) >= 11 is 0. The molecule has 0 radical (unpaired) electrons. The molecule has 3 nitrogen and oxygen atoms in total. The van der Waals surface area contributed by atoms with Crippen LogP contribution in [0.1, 0.15) is 21.5 Å². The SMILES string of the molecule is CN1Cc2ccc(OCc3ccccc3)c(F)c2C1=O. The number of carbonyl (C=O) groups is 1. The molecule has 1 heterocycles. The highest BCUT2D eigenvalue weighted by atomic mass is 19.1. The zero-order valence-corrected chi connectivity index (χ0v) is 11.1. The highest BCUT2D eigenvalue weighted by Gasteiger charge is 2.29. The Morgan fingerprint density at radius 2 is 1.95 bits per heavy atom. The topological polar surface area (TPSA) is 29.5 Å². The van der Waals surface area contributed by atoms with Crippen molar-refractivity contribution in [2.75, 3.05) is 7.05 Å². The molecule has 0 aliphatic carbocycles. The number of benzene rings is 2. The van der Waals surface area contributed by atoms with E-state index in [-0.39, 0.29) is 23.8 Å². The number of rotatable bonds is 3. The van der Waals surface area contributed by atoms with Crippen LogP contribution in [0.5, 0.6) is 5.75 Å². The van der Waals surface area contributed by atoms with E-state index in [1.165, 1.54) is 4.90 Å². The van der Waals surface area contributed by atoms with E-state index in [9.17, 15) is 9.18 Å². The van der Waals surface area contributed by atoms with Gasteiger partial charge in [-0.05, 0) is 17.2 Å². The summed E-state index contributed by atoms with van der Waals surface area (Å²) in [4.78, 5) is 13.4. The van der Waals surface area contributed by atoms with Gasteiger partial charge in [-0.1, -0.05) is 36.4 Å². The van der Waals surface area contributed by atoms with Crippen molar-refractivity contribution in [2.24, 2.45) is 0 Å². The first kappa shape index (κ1) is 12.7. The molecule has 0 fully saturated rings. The fourth-order valence-corrected chi connectivity index (χ4v) is 2.32. The fraction of sp³-hybridized carbons (Fsp3) is 0.188. The van der Waals surface area contributed by atoms with Gasteiger partial charge in [0.15, 0.2) is 11.6 Å². The van der Waals surface area contributed by atoms with Crippen molar-refractivity contribution in [2.45, 2.75) is 13.2 Å². The maximum atomic E-state index is 14.3. The Balaban J connectivity index is 1.84. The lowest BCUT2D eigenvalue weighted by Crippen LogP contribution is -2.18. The Morgan fingerprint density at radius 1 is 1.20 bits per heavy atom. The molecule has 0 N–H and O–H groups in total. The summed E-state index contributed by atoms with van der Waals surface area (Å²) in [5, 5.41) is 0. The van der Waals surface area contributed by atoms with Crippen molar-refractivity contribution in [3.05, 3.63) is 65.0 Å². The van der Waals surface area contributed by atoms with E-state index in [0.29, 0.717) is 12.1 Å². The lowest BCUT2D eigenvalue weighted by Gasteiger charge is -2.09. The smallest absolute Gasteiger partial charge is 0.257 e. The van der Waals surface area contributed by atoms with E-state index in [2.05, 4.69) is 0 Å². The summed E-state index contributed by atoms with van der Waals surface area (Å²) in [6.45, 7) is 0.727. The van der Waals surface area contributed by atoms with Crippen LogP contribution in [0.25, 0.3) is 0 Å². The zero-order valence-electron chi connectivity index (χ0n) is 11.1. The van der Waals surface area contributed by atoms with Gasteiger partial charge in [-0.15, -0.1) is 0 Å². The van der Waals surface area contributed by atoms with Gasteiger partial charge in [-0.2, -0.15) is 0 Å². The minimum atomic E-state index is -0.562. The first-order valence-electron chi connectivity index (χ1n) is 6.40. The minimum absolute atomic E-state index is 0.122. The summed E-state index contributed by atoms with van der Waals surface area (Å²) in [6, 6.07) is 12.9. The average Bonchev–Trinajstić information content (AvgIpc) is 2.75. The van der Waals surface area contributed by atoms with Gasteiger partial charge in [-0.25, -0.2) is 4.39 Å². The van der Waals surface area contributed by atoms with Crippen molar-refractivity contribution < 1.29 is 13.9 Å². The zero-order chi connectivity index (χ0) is 14.1. The van der Waals surface area contributed by atoms with Crippen LogP contribution >= 0.6 is 0 Å². The number of halogens is 1. The average molecular weight is 271 g/mol. The maximum Gasteiger partial charge on any atom is 0.257 e. The summed E-state index contributed by atoms with van der Waals surface area (Å²) in [5.41, 5.74) is 1.80. The molecule has 20 heavy (non-hydrogen) atoms. The molecule has 1 aliphatic rings. The van der Waals surface area contributed by atoms with Gasteiger partial charge in [0.05, 0.1) is 5.56 Å². The first-order chi connectivity index (χ1) is 9.66. The van der Waals surface area contributed by atoms with Gasteiger partial charge >= 0.3 is 0 Å². The lowest BCUT2D eigenvalue weighted by atomic mass is 10.1. The summed E-state index contributed by atoms with van der Waals surface area (Å²) in [5.74, 6) is -0.730. The predicted octanol–water partition coefficient (Wildman–Crippen LogP) is 2.99. The first-order valence-corrected chi connectivity index (χ1v) is 6.40. The van der Waals surface area contributed by atoms with Crippen LogP contribution in [0.15, 0.2) is 42.5 Å². The second kappa shape index (κ2) is 4.96. The van der Waals surface area contributed by atoms with E-state index in [4.69, 9.17) is 4.74 Å². The van der Waals surface area contributed by atoms with Crippen LogP contribution in [0.4, 0.5) is 4.39 Å². The molecule has 102 valence electrons. The molecular weight excluding hydrogens is 257 g/mol. The molecule has 1 aliphatic heterocycles. The molecule has 0 bridgehead atoms. The highest BCUT2D eigenvalue weighted by molar-refractivity contribution is 5.98. The van der Waals surface area contributed by atoms with Gasteiger partial charge < -0.3 is 9.64 Å². The van der Waals surface area contributed by atoms with Gasteiger partial charge in [0.1, 0.15) is 6.61 Å². The quantitative estimate of drug-likeness (QED) is 0.859. The number of fused-ring (bicyclic) bond motifs is 1. The van der Waals surface area contributed by atoms with E-state index in [1.807, 2.05) is 30.3 Å². The van der Waals surface area contributed by atoms with Crippen molar-refractivity contribution in [1.29, 1.82) is 0 Å². The van der Waals surface area contributed by atoms with E-state index in [0.717, 1.165) is 5.56 Å². The van der Waals surface area contributed by atoms with Crippen LogP contribution in [-0.2, 0) is 13.2 Å². The Hall–Kier alpha value is -2.36. The molecule has 0 atom stereocenters. The van der Waals surface area contributed by atoms with Crippen LogP contribution in [0, 0.1) is 5.82 Å². The Kier molecular flexibility index (Phi) is 3.14. The normalized spacial score (nSPS) is 13.5. The van der Waals surface area contributed by atoms with Gasteiger partial charge in [-0.3, -0.25) is 4.79 Å². The fourth-order valence-electron chi connectivity index (χ4n) is 2.32. The molecule has 1 amide bonds. The van der Waals surface area contributed by atoms with Crippen molar-refractivity contribution in [1.82, 2.24) is 4.90 Å². The summed E-state index contributed by atoms with van der Waals surface area (Å²) in [7, 11) is 1.66. The standard InChI is InChI=1S/C16H14FNO2/c1-18-9-12-7-8-13(15(17)14(12)16(18)19)20-10-11-5-3-2-4-6-11/h2-8H,9-10H2,1H3. The van der Waals surface area contributed by atoms with E-state index >= 15 is 0 Å². The van der Waals surface area contributed by atoms with Crippen LogP contribution in [-0.4, -0.2) is 17.9 Å². The van der Waals surface area contributed by atoms with Crippen LogP contribution < -0.4 is 4.74 Å². The number of nitrogens with zero attached hydrogens (tertiary/aromatic N) is 1. The molecule has 0 spiro atoms. The van der Waals surface area contributed by atoms with Gasteiger partial charge in [0.2, 0.25) is 0 Å². The van der Waals surface area contributed by atoms with Crippen molar-refractivity contribution >= 4 is 5.91 Å². The lowest BCUT2D eigenvalue weighted by molar-refractivity contribution is 0.0812. The molecular formula is C16H14FNO2. The Bertz CT molecular complexity index is 655. The number of hydrogen-bond donors (Lipinski definition) is 0. The Morgan fingerprint density at radius 3 is 2.70 bits per heavy atom. The van der Waals surface area contributed by atoms with Crippen LogP contribution in [0.2, 0.25) is 0 Å². The molecule has 0 unspecified atom stereocenters. The molecule has 0 saturated heterocycles. The van der Waals surface area contributed by atoms with E-state index in [1.54, 1.807) is 19.2 Å². The predicted molar refractivity (Wildman–Crippen MR) is 73.0 cm³/mol. The number of ether oxygens (including phenoxy) is 1. The van der Waals surface area contributed by atoms with Gasteiger partial charge in [0.25, 0.3) is 5.91 Å². The second-order valence-corrected chi connectivity index (χ2v) is 4.85. The highest BCUT2D eigenvalue weighted by Crippen LogP contribution is 2.30. The molecule has 0 aromatic heterocycles. The number of hydrogen-bond acceptors (Lipinski definition) is 2. The maximum absolute atomic E-state index is 14.3. The number of carbonyl (C=O) groups excluding carboxylic acids is 1. The van der Waals surface area contributed by atoms with Crippen molar-refractivity contribution in [3.8, 4) is 5.75 Å². The third kappa shape index (κ3) is 2.13.